The molecule has 4 heterocycles. The first-order chi connectivity index (χ1) is 15.4. The first kappa shape index (κ1) is 18.6. The topological polar surface area (TPSA) is 17.8 Å². The summed E-state index contributed by atoms with van der Waals surface area (Å²) in [5.74, 6) is 0. The predicted molar refractivity (Wildman–Crippen MR) is 125 cm³/mol. The zero-order chi connectivity index (χ0) is 20.1. The van der Waals surface area contributed by atoms with E-state index in [1.807, 2.05) is 18.2 Å². The second-order valence-corrected chi connectivity index (χ2v) is 9.03. The molecule has 144 valence electrons. The Morgan fingerprint density at radius 2 is 1.44 bits per heavy atom. The molecule has 0 aliphatic carbocycles. The Morgan fingerprint density at radius 1 is 0.750 bits per heavy atom. The molecule has 32 heavy (non-hydrogen) atoms. The van der Waals surface area contributed by atoms with Crippen LogP contribution in [0.4, 0.5) is 0 Å². The summed E-state index contributed by atoms with van der Waals surface area (Å²) < 4.78 is 2.07. The van der Waals surface area contributed by atoms with Crippen LogP contribution in [0.5, 0.6) is 0 Å². The summed E-state index contributed by atoms with van der Waals surface area (Å²) in [6.07, 6.45) is 6.29. The van der Waals surface area contributed by atoms with Gasteiger partial charge in [0.05, 0.1) is 0 Å². The van der Waals surface area contributed by atoms with Crippen LogP contribution in [-0.2, 0) is 19.3 Å². The molecule has 0 unspecified atom stereocenters. The van der Waals surface area contributed by atoms with Crippen LogP contribution >= 0.6 is 0 Å². The third-order valence-corrected chi connectivity index (χ3v) is 7.52. The van der Waals surface area contributed by atoms with Crippen LogP contribution in [0.1, 0.15) is 33.4 Å². The zero-order valence-electron chi connectivity index (χ0n) is 17.9. The molecule has 0 amide bonds. The van der Waals surface area contributed by atoms with Gasteiger partial charge in [0.1, 0.15) is 0 Å². The molecule has 0 fully saturated rings. The molecule has 1 aromatic heterocycles. The van der Waals surface area contributed by atoms with E-state index in [0.717, 1.165) is 36.0 Å². The van der Waals surface area contributed by atoms with E-state index in [9.17, 15) is 0 Å². The van der Waals surface area contributed by atoms with E-state index >= 15 is 0 Å². The van der Waals surface area contributed by atoms with Gasteiger partial charge < -0.3 is 9.55 Å². The average molecular weight is 399 g/mol. The predicted octanol–water partition coefficient (Wildman–Crippen LogP) is -0.141. The molecular formula is C28H17BLiN2-. The molecule has 2 nitrogen and oxygen atoms in total. The maximum Gasteiger partial charge on any atom is 1.00 e. The minimum absolute atomic E-state index is 0. The van der Waals surface area contributed by atoms with Gasteiger partial charge in [0.15, 0.2) is 0 Å². The summed E-state index contributed by atoms with van der Waals surface area (Å²) in [5, 5.41) is 0. The number of benzene rings is 4. The van der Waals surface area contributed by atoms with Crippen molar-refractivity contribution in [3.05, 3.63) is 113 Å². The molecule has 0 spiro atoms. The Labute approximate surface area is 199 Å². The second-order valence-electron chi connectivity index (χ2n) is 9.03. The van der Waals surface area contributed by atoms with E-state index in [0.29, 0.717) is 6.71 Å². The Hall–Kier alpha value is -2.99. The molecule has 5 aromatic rings. The van der Waals surface area contributed by atoms with E-state index < -0.39 is 0 Å². The van der Waals surface area contributed by atoms with Gasteiger partial charge in [-0.25, -0.2) is 6.07 Å². The summed E-state index contributed by atoms with van der Waals surface area (Å²) in [4.78, 5) is 4.83. The molecule has 0 saturated carbocycles. The van der Waals surface area contributed by atoms with Crippen molar-refractivity contribution < 1.29 is 18.9 Å². The monoisotopic (exact) mass is 399 g/mol. The third kappa shape index (κ3) is 2.26. The van der Waals surface area contributed by atoms with Gasteiger partial charge >= 0.3 is 18.9 Å². The summed E-state index contributed by atoms with van der Waals surface area (Å²) in [5.41, 5.74) is 16.7. The molecule has 0 bridgehead atoms. The van der Waals surface area contributed by atoms with Crippen LogP contribution in [0.15, 0.2) is 66.7 Å². The number of hydrogen-bond donors (Lipinski definition) is 0. The average Bonchev–Trinajstić information content (AvgIpc) is 3.24. The molecule has 0 radical (unpaired) electrons. The van der Waals surface area contributed by atoms with E-state index in [2.05, 4.69) is 65.5 Å². The fourth-order valence-electron chi connectivity index (χ4n) is 6.35. The minimum atomic E-state index is 0. The van der Waals surface area contributed by atoms with Gasteiger partial charge in [0.2, 0.25) is 6.71 Å². The van der Waals surface area contributed by atoms with E-state index in [1.165, 1.54) is 38.8 Å². The van der Waals surface area contributed by atoms with Gasteiger partial charge in [0.25, 0.3) is 0 Å². The SMILES string of the molecule is [Li+].[c-]1ccccc1-n1[c-]nc2c3c4c(cc21)Cc1cccc2c1B4c1c(cccc1C3)C2. The number of nitrogens with zero attached hydrogens (tertiary/aromatic N) is 2. The van der Waals surface area contributed by atoms with Crippen LogP contribution in [0.25, 0.3) is 16.7 Å². The molecule has 3 aliphatic rings. The maximum atomic E-state index is 4.83. The molecule has 0 N–H and O–H groups in total. The normalized spacial score (nSPS) is 14.2. The molecule has 4 heteroatoms. The van der Waals surface area contributed by atoms with E-state index in [1.54, 1.807) is 10.9 Å². The fraction of sp³-hybridized carbons (Fsp3) is 0.107. The Kier molecular flexibility index (Phi) is 3.78. The van der Waals surface area contributed by atoms with Crippen LogP contribution in [0.2, 0.25) is 0 Å². The number of hydrogen-bond acceptors (Lipinski definition) is 1. The second kappa shape index (κ2) is 6.51. The molecular weight excluding hydrogens is 382 g/mol. The largest absolute Gasteiger partial charge is 1.00 e. The Balaban J connectivity index is 0.00000180. The van der Waals surface area contributed by atoms with Crippen molar-refractivity contribution >= 4 is 34.1 Å². The Bertz CT molecular complexity index is 1550. The van der Waals surface area contributed by atoms with Crippen molar-refractivity contribution in [3.8, 4) is 5.69 Å². The van der Waals surface area contributed by atoms with Crippen LogP contribution in [-0.4, -0.2) is 16.3 Å². The number of rotatable bonds is 1. The molecule has 3 aliphatic heterocycles. The van der Waals surface area contributed by atoms with Crippen molar-refractivity contribution in [2.24, 2.45) is 0 Å². The third-order valence-electron chi connectivity index (χ3n) is 7.52. The van der Waals surface area contributed by atoms with Gasteiger partial charge in [-0.1, -0.05) is 75.5 Å². The summed E-state index contributed by atoms with van der Waals surface area (Å²) in [6.45, 7) is 0.358. The fourth-order valence-corrected chi connectivity index (χ4v) is 6.35. The van der Waals surface area contributed by atoms with Gasteiger partial charge in [0, 0.05) is 6.33 Å². The summed E-state index contributed by atoms with van der Waals surface area (Å²) in [7, 11) is 0. The molecule has 4 aromatic carbocycles. The van der Waals surface area contributed by atoms with Gasteiger partial charge in [-0.05, 0) is 47.0 Å². The van der Waals surface area contributed by atoms with Crippen molar-refractivity contribution in [1.82, 2.24) is 9.55 Å². The number of para-hydroxylation sites is 1. The van der Waals surface area contributed by atoms with Gasteiger partial charge in [-0.15, -0.1) is 0 Å². The van der Waals surface area contributed by atoms with E-state index in [-0.39, 0.29) is 18.9 Å². The van der Waals surface area contributed by atoms with Crippen LogP contribution < -0.4 is 35.2 Å². The quantitative estimate of drug-likeness (QED) is 0.278. The minimum Gasteiger partial charge on any atom is -0.448 e. The van der Waals surface area contributed by atoms with Crippen molar-refractivity contribution in [3.63, 3.8) is 0 Å². The zero-order valence-corrected chi connectivity index (χ0v) is 17.9. The van der Waals surface area contributed by atoms with Crippen LogP contribution in [0, 0.1) is 12.4 Å². The van der Waals surface area contributed by atoms with Crippen LogP contribution in [0.3, 0.4) is 0 Å². The standard InChI is InChI=1S/C28H17BN2.Li/c1-2-10-22(11-3-1)31-16-30-28-23-14-20-9-5-7-18-12-17-6-4-8-19-13-21(15-24(28)31)27(23)29(25(17)19)26(18)20;/h1-10,15H,12-14H2;/q-2;+1. The van der Waals surface area contributed by atoms with Crippen molar-refractivity contribution in [2.75, 3.05) is 0 Å². The number of fused-ring (bicyclic) bond motifs is 2. The van der Waals surface area contributed by atoms with E-state index in [4.69, 9.17) is 4.98 Å². The maximum absolute atomic E-state index is 4.83. The first-order valence-corrected chi connectivity index (χ1v) is 11.0. The Morgan fingerprint density at radius 3 is 2.12 bits per heavy atom. The smallest absolute Gasteiger partial charge is 0.448 e. The molecule has 0 saturated heterocycles. The number of aromatic nitrogens is 2. The van der Waals surface area contributed by atoms with Crippen molar-refractivity contribution in [2.45, 2.75) is 19.3 Å². The van der Waals surface area contributed by atoms with Gasteiger partial charge in [-0.3, -0.25) is 0 Å². The first-order valence-electron chi connectivity index (χ1n) is 11.0. The molecule has 8 rings (SSSR count). The van der Waals surface area contributed by atoms with Crippen molar-refractivity contribution in [1.29, 1.82) is 0 Å². The molecule has 0 atom stereocenters. The number of imidazole rings is 1. The summed E-state index contributed by atoms with van der Waals surface area (Å²) in [6, 6.07) is 27.6. The van der Waals surface area contributed by atoms with Gasteiger partial charge in [-0.2, -0.15) is 30.0 Å². The summed E-state index contributed by atoms with van der Waals surface area (Å²) >= 11 is 0.